The number of amides is 2. The minimum atomic E-state index is -0.774. The highest BCUT2D eigenvalue weighted by molar-refractivity contribution is 6.31. The van der Waals surface area contributed by atoms with E-state index in [2.05, 4.69) is 15.8 Å². The fourth-order valence-electron chi connectivity index (χ4n) is 2.59. The standard InChI is InChI=1S/C22H25Cl2N3O3/c1-4-10-30-19-9-8-18(24)12-16(19)13-25-27-22(29)20(14(2)3)26-21(28)15-6-5-7-17(23)11-15/h5-9,11-14,20H,4,10H2,1-3H3,(H,26,28)(H,27,29)/b25-13-. The first-order chi connectivity index (χ1) is 14.3. The van der Waals surface area contributed by atoms with Crippen molar-refractivity contribution in [2.24, 2.45) is 11.0 Å². The molecule has 0 heterocycles. The molecule has 30 heavy (non-hydrogen) atoms. The van der Waals surface area contributed by atoms with Gasteiger partial charge in [-0.15, -0.1) is 0 Å². The summed E-state index contributed by atoms with van der Waals surface area (Å²) in [6, 6.07) is 10.9. The van der Waals surface area contributed by atoms with Crippen LogP contribution in [0.1, 0.15) is 43.1 Å². The van der Waals surface area contributed by atoms with Crippen LogP contribution < -0.4 is 15.5 Å². The molecule has 8 heteroatoms. The Kier molecular flexibility index (Phi) is 9.15. The van der Waals surface area contributed by atoms with Crippen molar-refractivity contribution in [3.8, 4) is 5.75 Å². The van der Waals surface area contributed by atoms with Crippen LogP contribution >= 0.6 is 23.2 Å². The molecule has 0 aliphatic carbocycles. The van der Waals surface area contributed by atoms with Crippen LogP contribution in [-0.2, 0) is 4.79 Å². The number of hydrogen-bond donors (Lipinski definition) is 2. The van der Waals surface area contributed by atoms with Crippen molar-refractivity contribution in [3.05, 3.63) is 63.6 Å². The lowest BCUT2D eigenvalue weighted by Gasteiger charge is -2.20. The van der Waals surface area contributed by atoms with Crippen molar-refractivity contribution >= 4 is 41.2 Å². The van der Waals surface area contributed by atoms with E-state index in [1.54, 1.807) is 42.5 Å². The van der Waals surface area contributed by atoms with E-state index in [0.717, 1.165) is 6.42 Å². The van der Waals surface area contributed by atoms with Gasteiger partial charge < -0.3 is 10.1 Å². The molecule has 0 aromatic heterocycles. The summed E-state index contributed by atoms with van der Waals surface area (Å²) in [6.07, 6.45) is 2.32. The summed E-state index contributed by atoms with van der Waals surface area (Å²) >= 11 is 12.0. The third-order valence-corrected chi connectivity index (χ3v) is 4.60. The van der Waals surface area contributed by atoms with Gasteiger partial charge in [0.05, 0.1) is 12.8 Å². The van der Waals surface area contributed by atoms with Crippen molar-refractivity contribution in [2.45, 2.75) is 33.2 Å². The zero-order valence-electron chi connectivity index (χ0n) is 17.1. The number of halogens is 2. The predicted molar refractivity (Wildman–Crippen MR) is 121 cm³/mol. The smallest absolute Gasteiger partial charge is 0.262 e. The van der Waals surface area contributed by atoms with Crippen LogP contribution in [0.2, 0.25) is 10.0 Å². The second kappa shape index (κ2) is 11.6. The molecule has 0 radical (unpaired) electrons. The molecule has 0 saturated heterocycles. The average molecular weight is 450 g/mol. The van der Waals surface area contributed by atoms with Crippen LogP contribution in [0.15, 0.2) is 47.6 Å². The first kappa shape index (κ1) is 23.7. The maximum absolute atomic E-state index is 12.6. The van der Waals surface area contributed by atoms with Gasteiger partial charge in [0.1, 0.15) is 11.8 Å². The van der Waals surface area contributed by atoms with Crippen LogP contribution in [0.3, 0.4) is 0 Å². The van der Waals surface area contributed by atoms with E-state index >= 15 is 0 Å². The Balaban J connectivity index is 2.07. The van der Waals surface area contributed by atoms with E-state index in [1.165, 1.54) is 6.21 Å². The molecule has 1 unspecified atom stereocenters. The topological polar surface area (TPSA) is 79.8 Å². The summed E-state index contributed by atoms with van der Waals surface area (Å²) in [7, 11) is 0. The predicted octanol–water partition coefficient (Wildman–Crippen LogP) is 4.69. The van der Waals surface area contributed by atoms with Crippen molar-refractivity contribution < 1.29 is 14.3 Å². The quantitative estimate of drug-likeness (QED) is 0.430. The minimum absolute atomic E-state index is 0.155. The van der Waals surface area contributed by atoms with Gasteiger partial charge in [0.2, 0.25) is 0 Å². The summed E-state index contributed by atoms with van der Waals surface area (Å²) < 4.78 is 5.67. The van der Waals surface area contributed by atoms with Crippen LogP contribution in [0.5, 0.6) is 5.75 Å². The SMILES string of the molecule is CCCOc1ccc(Cl)cc1/C=N\NC(=O)C(NC(=O)c1cccc(Cl)c1)C(C)C. The number of carbonyl (C=O) groups is 2. The van der Waals surface area contributed by atoms with Gasteiger partial charge in [0.25, 0.3) is 11.8 Å². The number of nitrogens with one attached hydrogen (secondary N) is 2. The van der Waals surface area contributed by atoms with Crippen LogP contribution in [0, 0.1) is 5.92 Å². The summed E-state index contributed by atoms with van der Waals surface area (Å²) in [4.78, 5) is 25.1. The molecule has 2 aromatic rings. The molecule has 0 spiro atoms. The van der Waals surface area contributed by atoms with Gasteiger partial charge in [-0.3, -0.25) is 9.59 Å². The van der Waals surface area contributed by atoms with Crippen molar-refractivity contribution in [2.75, 3.05) is 6.61 Å². The zero-order valence-corrected chi connectivity index (χ0v) is 18.6. The van der Waals surface area contributed by atoms with Gasteiger partial charge in [-0.25, -0.2) is 5.43 Å². The van der Waals surface area contributed by atoms with E-state index in [0.29, 0.717) is 33.5 Å². The third kappa shape index (κ3) is 7.04. The fourth-order valence-corrected chi connectivity index (χ4v) is 2.96. The first-order valence-corrected chi connectivity index (χ1v) is 10.4. The zero-order chi connectivity index (χ0) is 22.1. The molecule has 6 nitrogen and oxygen atoms in total. The van der Waals surface area contributed by atoms with Crippen LogP contribution in [-0.4, -0.2) is 30.7 Å². The molecular weight excluding hydrogens is 425 g/mol. The van der Waals surface area contributed by atoms with Crippen LogP contribution in [0.4, 0.5) is 0 Å². The molecule has 0 aliphatic rings. The van der Waals surface area contributed by atoms with Gasteiger partial charge in [0, 0.05) is 21.2 Å². The highest BCUT2D eigenvalue weighted by Crippen LogP contribution is 2.21. The normalized spacial score (nSPS) is 12.1. The second-order valence-corrected chi connectivity index (χ2v) is 7.84. The van der Waals surface area contributed by atoms with Crippen molar-refractivity contribution in [1.82, 2.24) is 10.7 Å². The molecule has 160 valence electrons. The summed E-state index contributed by atoms with van der Waals surface area (Å²) in [5, 5.41) is 7.71. The molecule has 0 aliphatic heterocycles. The first-order valence-electron chi connectivity index (χ1n) is 9.63. The molecule has 1 atom stereocenters. The maximum atomic E-state index is 12.6. The lowest BCUT2D eigenvalue weighted by molar-refractivity contribution is -0.123. The van der Waals surface area contributed by atoms with Crippen molar-refractivity contribution in [1.29, 1.82) is 0 Å². The minimum Gasteiger partial charge on any atom is -0.493 e. The lowest BCUT2D eigenvalue weighted by atomic mass is 10.0. The van der Waals surface area contributed by atoms with Gasteiger partial charge in [-0.1, -0.05) is 50.0 Å². The number of rotatable bonds is 9. The summed E-state index contributed by atoms with van der Waals surface area (Å²) in [5.74, 6) is -0.359. The Morgan fingerprint density at radius 2 is 1.87 bits per heavy atom. The highest BCUT2D eigenvalue weighted by Gasteiger charge is 2.24. The van der Waals surface area contributed by atoms with Gasteiger partial charge >= 0.3 is 0 Å². The van der Waals surface area contributed by atoms with Crippen molar-refractivity contribution in [3.63, 3.8) is 0 Å². The molecular formula is C22H25Cl2N3O3. The Morgan fingerprint density at radius 3 is 2.53 bits per heavy atom. The average Bonchev–Trinajstić information content (AvgIpc) is 2.70. The van der Waals surface area contributed by atoms with Gasteiger partial charge in [-0.05, 0) is 48.7 Å². The molecule has 2 amide bonds. The Bertz CT molecular complexity index is 916. The Hall–Kier alpha value is -2.57. The Labute approximate surface area is 186 Å². The molecule has 0 saturated carbocycles. The van der Waals surface area contributed by atoms with E-state index in [9.17, 15) is 9.59 Å². The van der Waals surface area contributed by atoms with Gasteiger partial charge in [-0.2, -0.15) is 5.10 Å². The summed E-state index contributed by atoms with van der Waals surface area (Å²) in [5.41, 5.74) is 3.49. The Morgan fingerprint density at radius 1 is 1.13 bits per heavy atom. The van der Waals surface area contributed by atoms with Crippen LogP contribution in [0.25, 0.3) is 0 Å². The van der Waals surface area contributed by atoms with E-state index in [-0.39, 0.29) is 11.8 Å². The molecule has 2 aromatic carbocycles. The number of hydrazone groups is 1. The van der Waals surface area contributed by atoms with E-state index in [1.807, 2.05) is 20.8 Å². The largest absolute Gasteiger partial charge is 0.493 e. The number of benzene rings is 2. The molecule has 2 N–H and O–H groups in total. The lowest BCUT2D eigenvalue weighted by Crippen LogP contribution is -2.48. The van der Waals surface area contributed by atoms with E-state index in [4.69, 9.17) is 27.9 Å². The van der Waals surface area contributed by atoms with E-state index < -0.39 is 11.9 Å². The highest BCUT2D eigenvalue weighted by atomic mass is 35.5. The number of ether oxygens (including phenoxy) is 1. The molecule has 2 rings (SSSR count). The molecule has 0 bridgehead atoms. The molecule has 0 fully saturated rings. The van der Waals surface area contributed by atoms with Gasteiger partial charge in [0.15, 0.2) is 0 Å². The third-order valence-electron chi connectivity index (χ3n) is 4.13. The number of hydrogen-bond acceptors (Lipinski definition) is 4. The maximum Gasteiger partial charge on any atom is 0.262 e. The second-order valence-electron chi connectivity index (χ2n) is 6.97. The monoisotopic (exact) mass is 449 g/mol. The number of nitrogens with zero attached hydrogens (tertiary/aromatic N) is 1. The fraction of sp³-hybridized carbons (Fsp3) is 0.318. The summed E-state index contributed by atoms with van der Waals surface area (Å²) in [6.45, 7) is 6.23. The number of carbonyl (C=O) groups excluding carboxylic acids is 2.